The number of benzene rings is 1. The molecule has 19 heavy (non-hydrogen) atoms. The summed E-state index contributed by atoms with van der Waals surface area (Å²) in [5, 5.41) is 10.4. The summed E-state index contributed by atoms with van der Waals surface area (Å²) >= 11 is 0. The predicted molar refractivity (Wildman–Crippen MR) is 78.0 cm³/mol. The molecule has 4 heteroatoms. The molecule has 0 radical (unpaired) electrons. The van der Waals surface area contributed by atoms with E-state index in [-0.39, 0.29) is 0 Å². The van der Waals surface area contributed by atoms with Crippen LogP contribution in [0.4, 0.5) is 0 Å². The lowest BCUT2D eigenvalue weighted by atomic mass is 9.98. The Morgan fingerprint density at radius 2 is 2.11 bits per heavy atom. The number of hydrogen-bond donors (Lipinski definition) is 2. The Bertz CT molecular complexity index is 545. The van der Waals surface area contributed by atoms with Gasteiger partial charge in [0.25, 0.3) is 0 Å². The molecule has 1 atom stereocenters. The first-order chi connectivity index (χ1) is 9.07. The van der Waals surface area contributed by atoms with Crippen molar-refractivity contribution in [1.82, 2.24) is 9.55 Å². The maximum absolute atomic E-state index is 10.4. The lowest BCUT2D eigenvalue weighted by Crippen LogP contribution is -2.31. The highest BCUT2D eigenvalue weighted by molar-refractivity contribution is 5.75. The van der Waals surface area contributed by atoms with Crippen molar-refractivity contribution in [3.05, 3.63) is 30.1 Å². The molecule has 1 heterocycles. The Balaban J connectivity index is 2.38. The summed E-state index contributed by atoms with van der Waals surface area (Å²) in [5.41, 5.74) is 6.90. The van der Waals surface area contributed by atoms with Gasteiger partial charge >= 0.3 is 0 Å². The summed E-state index contributed by atoms with van der Waals surface area (Å²) < 4.78 is 2.21. The summed E-state index contributed by atoms with van der Waals surface area (Å²) in [6.45, 7) is 5.39. The minimum Gasteiger partial charge on any atom is -0.390 e. The van der Waals surface area contributed by atoms with Crippen molar-refractivity contribution in [2.45, 2.75) is 45.3 Å². The van der Waals surface area contributed by atoms with E-state index in [1.165, 1.54) is 0 Å². The molecule has 0 fully saturated rings. The fourth-order valence-corrected chi connectivity index (χ4v) is 2.47. The summed E-state index contributed by atoms with van der Waals surface area (Å²) in [4.78, 5) is 4.66. The minimum atomic E-state index is -0.790. The largest absolute Gasteiger partial charge is 0.390 e. The Morgan fingerprint density at radius 1 is 1.37 bits per heavy atom. The van der Waals surface area contributed by atoms with Crippen LogP contribution in [0.15, 0.2) is 24.3 Å². The van der Waals surface area contributed by atoms with E-state index >= 15 is 0 Å². The molecule has 104 valence electrons. The van der Waals surface area contributed by atoms with Gasteiger partial charge in [-0.1, -0.05) is 19.1 Å². The zero-order valence-electron chi connectivity index (χ0n) is 11.8. The molecule has 4 nitrogen and oxygen atoms in total. The highest BCUT2D eigenvalue weighted by atomic mass is 16.3. The van der Waals surface area contributed by atoms with Crippen LogP contribution in [-0.2, 0) is 13.0 Å². The van der Waals surface area contributed by atoms with Crippen molar-refractivity contribution < 1.29 is 5.11 Å². The molecule has 1 unspecified atom stereocenters. The molecule has 2 rings (SSSR count). The average molecular weight is 261 g/mol. The van der Waals surface area contributed by atoms with E-state index in [0.717, 1.165) is 29.8 Å². The normalized spacial score (nSPS) is 14.7. The molecule has 1 aromatic heterocycles. The van der Waals surface area contributed by atoms with Gasteiger partial charge in [0.2, 0.25) is 0 Å². The lowest BCUT2D eigenvalue weighted by molar-refractivity contribution is 0.0511. The Hall–Kier alpha value is -1.39. The van der Waals surface area contributed by atoms with Crippen LogP contribution in [0.3, 0.4) is 0 Å². The van der Waals surface area contributed by atoms with Crippen molar-refractivity contribution in [2.24, 2.45) is 5.73 Å². The number of aromatic nitrogens is 2. The van der Waals surface area contributed by atoms with E-state index < -0.39 is 5.60 Å². The Labute approximate surface area is 114 Å². The molecule has 0 amide bonds. The second-order valence-corrected chi connectivity index (χ2v) is 5.38. The van der Waals surface area contributed by atoms with Gasteiger partial charge in [0.1, 0.15) is 5.82 Å². The first-order valence-corrected chi connectivity index (χ1v) is 6.94. The van der Waals surface area contributed by atoms with Gasteiger partial charge < -0.3 is 15.4 Å². The third-order valence-electron chi connectivity index (χ3n) is 3.40. The van der Waals surface area contributed by atoms with Crippen molar-refractivity contribution in [2.75, 3.05) is 6.54 Å². The van der Waals surface area contributed by atoms with E-state index in [1.54, 1.807) is 0 Å². The summed E-state index contributed by atoms with van der Waals surface area (Å²) in [6, 6.07) is 8.12. The van der Waals surface area contributed by atoms with Crippen LogP contribution in [0.1, 0.15) is 32.5 Å². The van der Waals surface area contributed by atoms with Gasteiger partial charge in [0.05, 0.1) is 16.6 Å². The number of fused-ring (bicyclic) bond motifs is 1. The summed E-state index contributed by atoms with van der Waals surface area (Å²) in [7, 11) is 0. The van der Waals surface area contributed by atoms with Gasteiger partial charge in [-0.2, -0.15) is 0 Å². The molecule has 2 aromatic rings. The monoisotopic (exact) mass is 261 g/mol. The highest BCUT2D eigenvalue weighted by Crippen LogP contribution is 2.21. The second kappa shape index (κ2) is 5.72. The summed E-state index contributed by atoms with van der Waals surface area (Å²) in [6.07, 6.45) is 2.17. The van der Waals surface area contributed by atoms with E-state index in [1.807, 2.05) is 25.1 Å². The van der Waals surface area contributed by atoms with Gasteiger partial charge in [-0.25, -0.2) is 4.98 Å². The number of aryl methyl sites for hydroxylation is 1. The molecule has 0 aliphatic carbocycles. The Kier molecular flexibility index (Phi) is 4.22. The molecule has 1 aromatic carbocycles. The SMILES string of the molecule is CCCn1c(CC(C)(O)CCN)nc2ccccc21. The fraction of sp³-hybridized carbons (Fsp3) is 0.533. The highest BCUT2D eigenvalue weighted by Gasteiger charge is 2.23. The lowest BCUT2D eigenvalue weighted by Gasteiger charge is -2.22. The number of nitrogens with two attached hydrogens (primary N) is 1. The molecule has 0 saturated carbocycles. The van der Waals surface area contributed by atoms with Crippen LogP contribution in [0.2, 0.25) is 0 Å². The van der Waals surface area contributed by atoms with Gasteiger partial charge in [0, 0.05) is 13.0 Å². The maximum Gasteiger partial charge on any atom is 0.112 e. The van der Waals surface area contributed by atoms with E-state index in [0.29, 0.717) is 19.4 Å². The number of nitrogens with zero attached hydrogens (tertiary/aromatic N) is 2. The topological polar surface area (TPSA) is 64.1 Å². The maximum atomic E-state index is 10.4. The number of imidazole rings is 1. The zero-order valence-corrected chi connectivity index (χ0v) is 11.8. The zero-order chi connectivity index (χ0) is 13.9. The Morgan fingerprint density at radius 3 is 2.79 bits per heavy atom. The quantitative estimate of drug-likeness (QED) is 0.837. The minimum absolute atomic E-state index is 0.487. The molecule has 0 spiro atoms. The molecule has 0 saturated heterocycles. The molecule has 0 bridgehead atoms. The summed E-state index contributed by atoms with van der Waals surface area (Å²) in [5.74, 6) is 0.946. The first-order valence-electron chi connectivity index (χ1n) is 6.94. The fourth-order valence-electron chi connectivity index (χ4n) is 2.47. The van der Waals surface area contributed by atoms with E-state index in [9.17, 15) is 5.11 Å². The predicted octanol–water partition coefficient (Wildman–Crippen LogP) is 2.09. The van der Waals surface area contributed by atoms with Crippen molar-refractivity contribution in [1.29, 1.82) is 0 Å². The third-order valence-corrected chi connectivity index (χ3v) is 3.40. The first kappa shape index (κ1) is 14.0. The molecular formula is C15H23N3O. The van der Waals surface area contributed by atoms with E-state index in [4.69, 9.17) is 5.73 Å². The van der Waals surface area contributed by atoms with Crippen molar-refractivity contribution in [3.8, 4) is 0 Å². The molecule has 3 N–H and O–H groups in total. The van der Waals surface area contributed by atoms with Gasteiger partial charge in [-0.3, -0.25) is 0 Å². The van der Waals surface area contributed by atoms with Gasteiger partial charge in [-0.15, -0.1) is 0 Å². The van der Waals surface area contributed by atoms with Crippen LogP contribution in [-0.4, -0.2) is 26.8 Å². The van der Waals surface area contributed by atoms with E-state index in [2.05, 4.69) is 22.5 Å². The number of hydrogen-bond acceptors (Lipinski definition) is 3. The number of aliphatic hydroxyl groups is 1. The van der Waals surface area contributed by atoms with Crippen LogP contribution in [0.25, 0.3) is 11.0 Å². The smallest absolute Gasteiger partial charge is 0.112 e. The number of rotatable bonds is 6. The van der Waals surface area contributed by atoms with Crippen molar-refractivity contribution in [3.63, 3.8) is 0 Å². The second-order valence-electron chi connectivity index (χ2n) is 5.38. The average Bonchev–Trinajstić information content (AvgIpc) is 2.67. The van der Waals surface area contributed by atoms with Crippen LogP contribution in [0.5, 0.6) is 0 Å². The van der Waals surface area contributed by atoms with Crippen LogP contribution in [0, 0.1) is 0 Å². The molecular weight excluding hydrogens is 238 g/mol. The van der Waals surface area contributed by atoms with Crippen LogP contribution < -0.4 is 5.73 Å². The van der Waals surface area contributed by atoms with Crippen LogP contribution >= 0.6 is 0 Å². The molecule has 0 aliphatic heterocycles. The number of para-hydroxylation sites is 2. The van der Waals surface area contributed by atoms with Crippen molar-refractivity contribution >= 4 is 11.0 Å². The van der Waals surface area contributed by atoms with Gasteiger partial charge in [-0.05, 0) is 38.4 Å². The standard InChI is InChI=1S/C15H23N3O/c1-3-10-18-13-7-5-4-6-12(13)17-14(18)11-15(2,19)8-9-16/h4-7,19H,3,8-11,16H2,1-2H3. The third kappa shape index (κ3) is 3.14. The molecule has 0 aliphatic rings. The van der Waals surface area contributed by atoms with Gasteiger partial charge in [0.15, 0.2) is 0 Å².